The predicted molar refractivity (Wildman–Crippen MR) is 88.0 cm³/mol. The van der Waals surface area contributed by atoms with E-state index in [1.54, 1.807) is 19.1 Å². The summed E-state index contributed by atoms with van der Waals surface area (Å²) < 4.78 is 18.3. The lowest BCUT2D eigenvalue weighted by Gasteiger charge is -2.26. The lowest BCUT2D eigenvalue weighted by Crippen LogP contribution is -2.46. The summed E-state index contributed by atoms with van der Waals surface area (Å²) in [5.41, 5.74) is -0.181. The molecule has 1 rings (SSSR count). The van der Waals surface area contributed by atoms with Crippen LogP contribution < -0.4 is 15.4 Å². The zero-order chi connectivity index (χ0) is 17.5. The monoisotopic (exact) mass is 326 g/mol. The number of carbonyl (C=O) groups excluding carboxylic acids is 1. The third kappa shape index (κ3) is 8.40. The van der Waals surface area contributed by atoms with Gasteiger partial charge in [0.2, 0.25) is 0 Å². The highest BCUT2D eigenvalue weighted by Gasteiger charge is 2.21. The lowest BCUT2D eigenvalue weighted by atomic mass is 9.87. The van der Waals surface area contributed by atoms with Crippen LogP contribution in [0.2, 0.25) is 0 Å². The molecule has 0 bridgehead atoms. The fraction of sp³-hybridized carbons (Fsp3) is 0.588. The van der Waals surface area contributed by atoms with Crippen molar-refractivity contribution in [3.05, 3.63) is 30.1 Å². The number of halogens is 1. The third-order valence-corrected chi connectivity index (χ3v) is 3.27. The van der Waals surface area contributed by atoms with Crippen LogP contribution in [-0.4, -0.2) is 36.4 Å². The molecule has 1 aromatic rings. The Morgan fingerprint density at radius 2 is 1.91 bits per heavy atom. The van der Waals surface area contributed by atoms with Gasteiger partial charge < -0.3 is 20.5 Å². The number of amides is 2. The van der Waals surface area contributed by atoms with Crippen molar-refractivity contribution in [3.63, 3.8) is 0 Å². The summed E-state index contributed by atoms with van der Waals surface area (Å²) in [6.07, 6.45) is 0.203. The summed E-state index contributed by atoms with van der Waals surface area (Å²) in [7, 11) is 0. The van der Waals surface area contributed by atoms with Gasteiger partial charge in [-0.2, -0.15) is 0 Å². The standard InChI is InChI=1S/C17H27FN2O3/c1-12(10-23-15-7-5-14(18)6-8-15)20-16(22)19-11-17(3,4)9-13(2)21/h5-8,12-13,21H,9-11H2,1-4H3,(H2,19,20,22). The molecule has 5 nitrogen and oxygen atoms in total. The van der Waals surface area contributed by atoms with Crippen molar-refractivity contribution in [2.45, 2.75) is 46.3 Å². The Kier molecular flexibility index (Phi) is 7.29. The van der Waals surface area contributed by atoms with Crippen molar-refractivity contribution >= 4 is 6.03 Å². The maximum absolute atomic E-state index is 12.8. The van der Waals surface area contributed by atoms with Gasteiger partial charge in [0.05, 0.1) is 12.1 Å². The third-order valence-electron chi connectivity index (χ3n) is 3.27. The van der Waals surface area contributed by atoms with E-state index >= 15 is 0 Å². The normalized spacial score (nSPS) is 14.0. The Bertz CT molecular complexity index is 489. The molecule has 6 heteroatoms. The summed E-state index contributed by atoms with van der Waals surface area (Å²) in [5, 5.41) is 15.0. The second-order valence-electron chi connectivity index (χ2n) is 6.71. The average molecular weight is 326 g/mol. The summed E-state index contributed by atoms with van der Waals surface area (Å²) in [6.45, 7) is 8.29. The van der Waals surface area contributed by atoms with Gasteiger partial charge in [-0.05, 0) is 49.9 Å². The first-order valence-electron chi connectivity index (χ1n) is 7.79. The van der Waals surface area contributed by atoms with E-state index in [4.69, 9.17) is 4.74 Å². The number of hydrogen-bond donors (Lipinski definition) is 3. The largest absolute Gasteiger partial charge is 0.491 e. The SMILES string of the molecule is CC(O)CC(C)(C)CNC(=O)NC(C)COc1ccc(F)cc1. The molecule has 0 heterocycles. The van der Waals surface area contributed by atoms with E-state index in [0.29, 0.717) is 18.7 Å². The highest BCUT2D eigenvalue weighted by molar-refractivity contribution is 5.74. The Hall–Kier alpha value is -1.82. The van der Waals surface area contributed by atoms with Crippen LogP contribution in [0.4, 0.5) is 9.18 Å². The molecule has 0 fully saturated rings. The first-order valence-corrected chi connectivity index (χ1v) is 7.79. The lowest BCUT2D eigenvalue weighted by molar-refractivity contribution is 0.128. The van der Waals surface area contributed by atoms with Crippen LogP contribution in [0.3, 0.4) is 0 Å². The minimum absolute atomic E-state index is 0.181. The Balaban J connectivity index is 2.29. The van der Waals surface area contributed by atoms with Crippen molar-refractivity contribution < 1.29 is 19.0 Å². The molecular weight excluding hydrogens is 299 g/mol. The van der Waals surface area contributed by atoms with Crippen LogP contribution in [0, 0.1) is 11.2 Å². The van der Waals surface area contributed by atoms with Gasteiger partial charge >= 0.3 is 6.03 Å². The van der Waals surface area contributed by atoms with Crippen LogP contribution in [0.5, 0.6) is 5.75 Å². The molecule has 2 unspecified atom stereocenters. The molecule has 1 aromatic carbocycles. The fourth-order valence-corrected chi connectivity index (χ4v) is 2.26. The summed E-state index contributed by atoms with van der Waals surface area (Å²) in [4.78, 5) is 11.9. The average Bonchev–Trinajstić information content (AvgIpc) is 2.43. The van der Waals surface area contributed by atoms with Crippen LogP contribution >= 0.6 is 0 Å². The number of aliphatic hydroxyl groups excluding tert-OH is 1. The second kappa shape index (κ2) is 8.72. The molecule has 0 spiro atoms. The van der Waals surface area contributed by atoms with Crippen LogP contribution in [0.25, 0.3) is 0 Å². The molecule has 0 saturated heterocycles. The summed E-state index contributed by atoms with van der Waals surface area (Å²) >= 11 is 0. The molecule has 130 valence electrons. The van der Waals surface area contributed by atoms with E-state index in [2.05, 4.69) is 10.6 Å². The van der Waals surface area contributed by atoms with E-state index in [-0.39, 0.29) is 29.9 Å². The van der Waals surface area contributed by atoms with Gasteiger partial charge in [-0.1, -0.05) is 13.8 Å². The van der Waals surface area contributed by atoms with Crippen LogP contribution in [0.15, 0.2) is 24.3 Å². The van der Waals surface area contributed by atoms with Gasteiger partial charge in [0.15, 0.2) is 0 Å². The highest BCUT2D eigenvalue weighted by atomic mass is 19.1. The zero-order valence-corrected chi connectivity index (χ0v) is 14.2. The van der Waals surface area contributed by atoms with Crippen molar-refractivity contribution in [2.75, 3.05) is 13.2 Å². The number of carbonyl (C=O) groups is 1. The number of ether oxygens (including phenoxy) is 1. The van der Waals surface area contributed by atoms with Gasteiger partial charge in [-0.15, -0.1) is 0 Å². The van der Waals surface area contributed by atoms with Crippen molar-refractivity contribution in [2.24, 2.45) is 5.41 Å². The van der Waals surface area contributed by atoms with Crippen molar-refractivity contribution in [3.8, 4) is 5.75 Å². The Morgan fingerprint density at radius 1 is 1.30 bits per heavy atom. The molecule has 0 aromatic heterocycles. The Labute approximate surface area is 137 Å². The molecule has 2 amide bonds. The number of urea groups is 1. The smallest absolute Gasteiger partial charge is 0.315 e. The van der Waals surface area contributed by atoms with Crippen molar-refractivity contribution in [1.82, 2.24) is 10.6 Å². The van der Waals surface area contributed by atoms with Crippen LogP contribution in [0.1, 0.15) is 34.1 Å². The van der Waals surface area contributed by atoms with Gasteiger partial charge in [-0.3, -0.25) is 0 Å². The van der Waals surface area contributed by atoms with Gasteiger partial charge in [0.25, 0.3) is 0 Å². The molecule has 0 aliphatic heterocycles. The van der Waals surface area contributed by atoms with E-state index in [9.17, 15) is 14.3 Å². The molecule has 0 aliphatic rings. The summed E-state index contributed by atoms with van der Waals surface area (Å²) in [6, 6.07) is 5.26. The van der Waals surface area contributed by atoms with E-state index < -0.39 is 6.10 Å². The number of rotatable bonds is 8. The van der Waals surface area contributed by atoms with Gasteiger partial charge in [0.1, 0.15) is 18.2 Å². The first-order chi connectivity index (χ1) is 10.7. The van der Waals surface area contributed by atoms with Gasteiger partial charge in [0, 0.05) is 6.54 Å². The molecule has 0 saturated carbocycles. The number of benzene rings is 1. The maximum Gasteiger partial charge on any atom is 0.315 e. The van der Waals surface area contributed by atoms with E-state index in [1.807, 2.05) is 20.8 Å². The molecule has 3 N–H and O–H groups in total. The highest BCUT2D eigenvalue weighted by Crippen LogP contribution is 2.20. The second-order valence-corrected chi connectivity index (χ2v) is 6.71. The zero-order valence-electron chi connectivity index (χ0n) is 14.2. The predicted octanol–water partition coefficient (Wildman–Crippen LogP) is 2.69. The molecule has 0 radical (unpaired) electrons. The minimum Gasteiger partial charge on any atom is -0.491 e. The first kappa shape index (κ1) is 19.2. The maximum atomic E-state index is 12.8. The quantitative estimate of drug-likeness (QED) is 0.688. The summed E-state index contributed by atoms with van der Waals surface area (Å²) in [5.74, 6) is 0.237. The molecular formula is C17H27FN2O3. The number of aliphatic hydroxyl groups is 1. The molecule has 0 aliphatic carbocycles. The number of nitrogens with one attached hydrogen (secondary N) is 2. The molecule has 2 atom stereocenters. The van der Waals surface area contributed by atoms with Crippen molar-refractivity contribution in [1.29, 1.82) is 0 Å². The van der Waals surface area contributed by atoms with Gasteiger partial charge in [-0.25, -0.2) is 9.18 Å². The fourth-order valence-electron chi connectivity index (χ4n) is 2.26. The van der Waals surface area contributed by atoms with E-state index in [1.165, 1.54) is 12.1 Å². The Morgan fingerprint density at radius 3 is 2.48 bits per heavy atom. The minimum atomic E-state index is -0.405. The molecule has 23 heavy (non-hydrogen) atoms. The number of hydrogen-bond acceptors (Lipinski definition) is 3. The topological polar surface area (TPSA) is 70.6 Å². The van der Waals surface area contributed by atoms with Crippen LogP contribution in [-0.2, 0) is 0 Å². The van der Waals surface area contributed by atoms with E-state index in [0.717, 1.165) is 0 Å².